The maximum absolute atomic E-state index is 12.2. The Bertz CT molecular complexity index is 453. The highest BCUT2D eigenvalue weighted by Gasteiger charge is 2.26. The summed E-state index contributed by atoms with van der Waals surface area (Å²) in [7, 11) is 1.90. The summed E-state index contributed by atoms with van der Waals surface area (Å²) in [6.07, 6.45) is 0.213. The highest BCUT2D eigenvalue weighted by Crippen LogP contribution is 2.17. The SMILES string of the molecule is Cc1nnc(SCC(=O)N2C[C@@H](C)O[C@@H](C)C2)n1C. The number of thioether (sulfide) groups is 1. The van der Waals surface area contributed by atoms with E-state index in [2.05, 4.69) is 10.2 Å². The van der Waals surface area contributed by atoms with E-state index in [9.17, 15) is 4.79 Å². The molecule has 1 aromatic heterocycles. The number of hydrogen-bond acceptors (Lipinski definition) is 5. The first-order valence-electron chi connectivity index (χ1n) is 6.39. The van der Waals surface area contributed by atoms with Gasteiger partial charge in [-0.3, -0.25) is 4.79 Å². The van der Waals surface area contributed by atoms with Gasteiger partial charge in [0.2, 0.25) is 5.91 Å². The van der Waals surface area contributed by atoms with Crippen LogP contribution in [0.5, 0.6) is 0 Å². The standard InChI is InChI=1S/C12H20N4O2S/c1-8-5-16(6-9(2)18-8)11(17)7-19-12-14-13-10(3)15(12)4/h8-9H,5-7H2,1-4H3/t8-,9+. The second-order valence-electron chi connectivity index (χ2n) is 4.93. The fraction of sp³-hybridized carbons (Fsp3) is 0.750. The predicted octanol–water partition coefficient (Wildman–Crippen LogP) is 0.851. The van der Waals surface area contributed by atoms with Crippen LogP contribution in [0.4, 0.5) is 0 Å². The van der Waals surface area contributed by atoms with E-state index in [0.29, 0.717) is 18.8 Å². The van der Waals surface area contributed by atoms with E-state index in [-0.39, 0.29) is 18.1 Å². The van der Waals surface area contributed by atoms with Gasteiger partial charge in [-0.25, -0.2) is 0 Å². The van der Waals surface area contributed by atoms with Gasteiger partial charge in [0.1, 0.15) is 5.82 Å². The van der Waals surface area contributed by atoms with Crippen LogP contribution in [0, 0.1) is 6.92 Å². The smallest absolute Gasteiger partial charge is 0.233 e. The second kappa shape index (κ2) is 5.92. The summed E-state index contributed by atoms with van der Waals surface area (Å²) in [4.78, 5) is 14.0. The normalized spacial score (nSPS) is 23.7. The molecule has 19 heavy (non-hydrogen) atoms. The van der Waals surface area contributed by atoms with Crippen molar-refractivity contribution in [1.82, 2.24) is 19.7 Å². The molecule has 1 aliphatic heterocycles. The fourth-order valence-electron chi connectivity index (χ4n) is 2.11. The van der Waals surface area contributed by atoms with E-state index in [1.807, 2.05) is 37.3 Å². The molecule has 7 heteroatoms. The summed E-state index contributed by atoms with van der Waals surface area (Å²) in [5, 5.41) is 8.80. The third kappa shape index (κ3) is 3.48. The average Bonchev–Trinajstić information content (AvgIpc) is 2.66. The van der Waals surface area contributed by atoms with Crippen LogP contribution >= 0.6 is 11.8 Å². The van der Waals surface area contributed by atoms with Gasteiger partial charge in [0, 0.05) is 20.1 Å². The molecule has 0 saturated carbocycles. The zero-order valence-corrected chi connectivity index (χ0v) is 12.6. The number of carbonyl (C=O) groups excluding carboxylic acids is 1. The van der Waals surface area contributed by atoms with Gasteiger partial charge in [0.15, 0.2) is 5.16 Å². The summed E-state index contributed by atoms with van der Waals surface area (Å²) in [6, 6.07) is 0. The van der Waals surface area contributed by atoms with E-state index in [4.69, 9.17) is 4.74 Å². The number of nitrogens with zero attached hydrogens (tertiary/aromatic N) is 4. The molecule has 1 fully saturated rings. The molecule has 0 aliphatic carbocycles. The lowest BCUT2D eigenvalue weighted by molar-refractivity contribution is -0.140. The Balaban J connectivity index is 1.89. The van der Waals surface area contributed by atoms with E-state index < -0.39 is 0 Å². The lowest BCUT2D eigenvalue weighted by atomic mass is 10.2. The lowest BCUT2D eigenvalue weighted by Gasteiger charge is -2.35. The average molecular weight is 284 g/mol. The quantitative estimate of drug-likeness (QED) is 0.770. The molecule has 2 heterocycles. The number of hydrogen-bond donors (Lipinski definition) is 0. The highest BCUT2D eigenvalue weighted by atomic mass is 32.2. The third-order valence-electron chi connectivity index (χ3n) is 3.15. The van der Waals surface area contributed by atoms with Crippen molar-refractivity contribution in [1.29, 1.82) is 0 Å². The van der Waals surface area contributed by atoms with Crippen LogP contribution in [0.1, 0.15) is 19.7 Å². The Morgan fingerprint density at radius 2 is 2.00 bits per heavy atom. The topological polar surface area (TPSA) is 60.3 Å². The molecule has 0 unspecified atom stereocenters. The minimum Gasteiger partial charge on any atom is -0.372 e. The van der Waals surface area contributed by atoms with Gasteiger partial charge in [-0.15, -0.1) is 10.2 Å². The first-order valence-corrected chi connectivity index (χ1v) is 7.38. The molecule has 0 bridgehead atoms. The highest BCUT2D eigenvalue weighted by molar-refractivity contribution is 7.99. The number of aryl methyl sites for hydroxylation is 1. The van der Waals surface area contributed by atoms with Crippen molar-refractivity contribution in [3.8, 4) is 0 Å². The van der Waals surface area contributed by atoms with Crippen molar-refractivity contribution in [3.63, 3.8) is 0 Å². The zero-order chi connectivity index (χ0) is 14.0. The first-order chi connectivity index (χ1) is 8.97. The van der Waals surface area contributed by atoms with Crippen LogP contribution < -0.4 is 0 Å². The van der Waals surface area contributed by atoms with Crippen LogP contribution in [0.2, 0.25) is 0 Å². The Hall–Kier alpha value is -1.08. The molecule has 0 spiro atoms. The van der Waals surface area contributed by atoms with Crippen LogP contribution in [-0.2, 0) is 16.6 Å². The van der Waals surface area contributed by atoms with Crippen molar-refractivity contribution in [2.75, 3.05) is 18.8 Å². The maximum atomic E-state index is 12.2. The van der Waals surface area contributed by atoms with Crippen molar-refractivity contribution in [3.05, 3.63) is 5.82 Å². The van der Waals surface area contributed by atoms with Crippen LogP contribution in [0.15, 0.2) is 5.16 Å². The molecular weight excluding hydrogens is 264 g/mol. The van der Waals surface area contributed by atoms with Gasteiger partial charge >= 0.3 is 0 Å². The fourth-order valence-corrected chi connectivity index (χ4v) is 2.97. The van der Waals surface area contributed by atoms with Gasteiger partial charge in [0.25, 0.3) is 0 Å². The number of carbonyl (C=O) groups is 1. The van der Waals surface area contributed by atoms with E-state index in [0.717, 1.165) is 11.0 Å². The number of amides is 1. The molecule has 1 saturated heterocycles. The second-order valence-corrected chi connectivity index (χ2v) is 5.88. The summed E-state index contributed by atoms with van der Waals surface area (Å²) in [5.41, 5.74) is 0. The molecule has 1 amide bonds. The zero-order valence-electron chi connectivity index (χ0n) is 11.8. The Morgan fingerprint density at radius 1 is 1.37 bits per heavy atom. The Kier molecular flexibility index (Phi) is 4.46. The first kappa shape index (κ1) is 14.3. The van der Waals surface area contributed by atoms with Crippen LogP contribution in [-0.4, -0.2) is 56.6 Å². The predicted molar refractivity (Wildman–Crippen MR) is 73.1 cm³/mol. The van der Waals surface area contributed by atoms with Crippen molar-refractivity contribution in [2.45, 2.75) is 38.1 Å². The van der Waals surface area contributed by atoms with Gasteiger partial charge < -0.3 is 14.2 Å². The molecule has 2 rings (SSSR count). The summed E-state index contributed by atoms with van der Waals surface area (Å²) >= 11 is 1.43. The number of rotatable bonds is 3. The Morgan fingerprint density at radius 3 is 2.53 bits per heavy atom. The summed E-state index contributed by atoms with van der Waals surface area (Å²) in [6.45, 7) is 7.22. The molecule has 0 radical (unpaired) electrons. The molecule has 1 aromatic rings. The largest absolute Gasteiger partial charge is 0.372 e. The van der Waals surface area contributed by atoms with Crippen molar-refractivity contribution in [2.24, 2.45) is 7.05 Å². The van der Waals surface area contributed by atoms with Crippen LogP contribution in [0.3, 0.4) is 0 Å². The van der Waals surface area contributed by atoms with Crippen molar-refractivity contribution >= 4 is 17.7 Å². The van der Waals surface area contributed by atoms with E-state index in [1.54, 1.807) is 0 Å². The number of aromatic nitrogens is 3. The minimum atomic E-state index is 0.106. The Labute approximate surface area is 117 Å². The van der Waals surface area contributed by atoms with E-state index in [1.165, 1.54) is 11.8 Å². The van der Waals surface area contributed by atoms with Crippen LogP contribution in [0.25, 0.3) is 0 Å². The minimum absolute atomic E-state index is 0.106. The number of ether oxygens (including phenoxy) is 1. The van der Waals surface area contributed by atoms with Gasteiger partial charge in [-0.05, 0) is 20.8 Å². The lowest BCUT2D eigenvalue weighted by Crippen LogP contribution is -2.48. The maximum Gasteiger partial charge on any atom is 0.233 e. The number of morpholine rings is 1. The van der Waals surface area contributed by atoms with Gasteiger partial charge in [-0.2, -0.15) is 0 Å². The molecule has 0 aromatic carbocycles. The monoisotopic (exact) mass is 284 g/mol. The van der Waals surface area contributed by atoms with Gasteiger partial charge in [-0.1, -0.05) is 11.8 Å². The van der Waals surface area contributed by atoms with Crippen molar-refractivity contribution < 1.29 is 9.53 Å². The summed E-state index contributed by atoms with van der Waals surface area (Å²) in [5.74, 6) is 1.38. The third-order valence-corrected chi connectivity index (χ3v) is 4.15. The molecule has 106 valence electrons. The molecule has 2 atom stereocenters. The molecule has 1 aliphatic rings. The molecule has 6 nitrogen and oxygen atoms in total. The molecule has 0 N–H and O–H groups in total. The van der Waals surface area contributed by atoms with E-state index >= 15 is 0 Å². The molecular formula is C12H20N4O2S. The summed E-state index contributed by atoms with van der Waals surface area (Å²) < 4.78 is 7.52. The van der Waals surface area contributed by atoms with Gasteiger partial charge in [0.05, 0.1) is 18.0 Å².